The Morgan fingerprint density at radius 3 is 3.11 bits per heavy atom. The predicted octanol–water partition coefficient (Wildman–Crippen LogP) is 2.29. The average molecular weight is 243 g/mol. The van der Waals surface area contributed by atoms with Gasteiger partial charge in [0.2, 0.25) is 0 Å². The number of hydrogen-bond donors (Lipinski definition) is 0. The standard InChI is InChI=1S/C14H13NO3/c1-2-17-14(16)11-6-7-18-13-10(8-11)4-3-5-12(13)9-15/h3-5,8H,2,6-7H2,1H3. The van der Waals surface area contributed by atoms with E-state index in [1.54, 1.807) is 25.1 Å². The van der Waals surface area contributed by atoms with Crippen LogP contribution in [0.4, 0.5) is 0 Å². The Balaban J connectivity index is 2.40. The number of ether oxygens (including phenoxy) is 2. The first-order valence-electron chi connectivity index (χ1n) is 5.80. The van der Waals surface area contributed by atoms with Crippen molar-refractivity contribution in [3.8, 4) is 11.8 Å². The minimum atomic E-state index is -0.323. The Morgan fingerprint density at radius 1 is 1.56 bits per heavy atom. The first-order chi connectivity index (χ1) is 8.76. The van der Waals surface area contributed by atoms with Crippen LogP contribution in [0.5, 0.6) is 5.75 Å². The number of nitrogens with zero attached hydrogens (tertiary/aromatic N) is 1. The maximum atomic E-state index is 11.7. The molecule has 2 rings (SSSR count). The average Bonchev–Trinajstić information content (AvgIpc) is 2.60. The lowest BCUT2D eigenvalue weighted by Gasteiger charge is -2.06. The lowest BCUT2D eigenvalue weighted by atomic mass is 10.1. The van der Waals surface area contributed by atoms with Gasteiger partial charge in [-0.3, -0.25) is 0 Å². The first-order valence-corrected chi connectivity index (χ1v) is 5.80. The van der Waals surface area contributed by atoms with E-state index in [0.29, 0.717) is 36.5 Å². The van der Waals surface area contributed by atoms with Gasteiger partial charge >= 0.3 is 5.97 Å². The number of rotatable bonds is 2. The molecule has 1 aromatic carbocycles. The zero-order chi connectivity index (χ0) is 13.0. The van der Waals surface area contributed by atoms with Crippen LogP contribution >= 0.6 is 0 Å². The molecule has 0 radical (unpaired) electrons. The third-order valence-electron chi connectivity index (χ3n) is 2.65. The maximum absolute atomic E-state index is 11.7. The third kappa shape index (κ3) is 2.35. The Morgan fingerprint density at radius 2 is 2.39 bits per heavy atom. The lowest BCUT2D eigenvalue weighted by molar-refractivity contribution is -0.138. The normalized spacial score (nSPS) is 13.4. The summed E-state index contributed by atoms with van der Waals surface area (Å²) in [6, 6.07) is 7.37. The number of hydrogen-bond acceptors (Lipinski definition) is 4. The summed E-state index contributed by atoms with van der Waals surface area (Å²) in [6.45, 7) is 2.49. The zero-order valence-corrected chi connectivity index (χ0v) is 10.1. The van der Waals surface area contributed by atoms with Crippen LogP contribution in [-0.2, 0) is 9.53 Å². The topological polar surface area (TPSA) is 59.3 Å². The molecule has 1 aliphatic rings. The van der Waals surface area contributed by atoms with Crippen molar-refractivity contribution in [2.45, 2.75) is 13.3 Å². The summed E-state index contributed by atoms with van der Waals surface area (Å²) in [4.78, 5) is 11.7. The highest BCUT2D eigenvalue weighted by Crippen LogP contribution is 2.29. The monoisotopic (exact) mass is 243 g/mol. The molecule has 0 saturated heterocycles. The molecule has 0 aromatic heterocycles. The predicted molar refractivity (Wildman–Crippen MR) is 65.9 cm³/mol. The number of carbonyl (C=O) groups is 1. The summed E-state index contributed by atoms with van der Waals surface area (Å²) >= 11 is 0. The van der Waals surface area contributed by atoms with Crippen LogP contribution in [-0.4, -0.2) is 19.2 Å². The van der Waals surface area contributed by atoms with Gasteiger partial charge in [-0.05, 0) is 19.1 Å². The maximum Gasteiger partial charge on any atom is 0.334 e. The van der Waals surface area contributed by atoms with Gasteiger partial charge in [0.05, 0.1) is 18.8 Å². The lowest BCUT2D eigenvalue weighted by Crippen LogP contribution is -2.09. The number of para-hydroxylation sites is 1. The number of fused-ring (bicyclic) bond motifs is 1. The molecule has 0 bridgehead atoms. The highest BCUT2D eigenvalue weighted by molar-refractivity contribution is 5.94. The second-order valence-corrected chi connectivity index (χ2v) is 3.82. The van der Waals surface area contributed by atoms with Gasteiger partial charge in [-0.15, -0.1) is 0 Å². The van der Waals surface area contributed by atoms with Crippen LogP contribution in [0, 0.1) is 11.3 Å². The zero-order valence-electron chi connectivity index (χ0n) is 10.1. The van der Waals surface area contributed by atoms with E-state index in [9.17, 15) is 4.79 Å². The van der Waals surface area contributed by atoms with E-state index in [1.165, 1.54) is 0 Å². The molecule has 4 heteroatoms. The van der Waals surface area contributed by atoms with Gasteiger partial charge in [0.1, 0.15) is 11.8 Å². The van der Waals surface area contributed by atoms with Gasteiger partial charge in [-0.1, -0.05) is 12.1 Å². The van der Waals surface area contributed by atoms with E-state index >= 15 is 0 Å². The van der Waals surface area contributed by atoms with Gasteiger partial charge in [0, 0.05) is 17.6 Å². The molecule has 0 spiro atoms. The second-order valence-electron chi connectivity index (χ2n) is 3.82. The molecule has 0 aliphatic carbocycles. The molecule has 0 atom stereocenters. The molecule has 18 heavy (non-hydrogen) atoms. The fourth-order valence-electron chi connectivity index (χ4n) is 1.83. The third-order valence-corrected chi connectivity index (χ3v) is 2.65. The van der Waals surface area contributed by atoms with E-state index in [0.717, 1.165) is 5.56 Å². The van der Waals surface area contributed by atoms with E-state index in [2.05, 4.69) is 6.07 Å². The van der Waals surface area contributed by atoms with Crippen LogP contribution in [0.2, 0.25) is 0 Å². The summed E-state index contributed by atoms with van der Waals surface area (Å²) < 4.78 is 10.5. The van der Waals surface area contributed by atoms with Crippen LogP contribution in [0.1, 0.15) is 24.5 Å². The highest BCUT2D eigenvalue weighted by Gasteiger charge is 2.17. The van der Waals surface area contributed by atoms with E-state index in [-0.39, 0.29) is 5.97 Å². The summed E-state index contributed by atoms with van der Waals surface area (Å²) in [6.07, 6.45) is 2.22. The summed E-state index contributed by atoms with van der Waals surface area (Å²) in [5, 5.41) is 9.00. The molecule has 0 saturated carbocycles. The fourth-order valence-corrected chi connectivity index (χ4v) is 1.83. The van der Waals surface area contributed by atoms with Crippen molar-refractivity contribution < 1.29 is 14.3 Å². The minimum Gasteiger partial charge on any atom is -0.491 e. The van der Waals surface area contributed by atoms with Crippen molar-refractivity contribution in [1.82, 2.24) is 0 Å². The summed E-state index contributed by atoms with van der Waals surface area (Å²) in [7, 11) is 0. The van der Waals surface area contributed by atoms with E-state index in [4.69, 9.17) is 14.7 Å². The highest BCUT2D eigenvalue weighted by atomic mass is 16.5. The SMILES string of the molecule is CCOC(=O)C1=Cc2cccc(C#N)c2OCC1. The largest absolute Gasteiger partial charge is 0.491 e. The van der Waals surface area contributed by atoms with E-state index in [1.807, 2.05) is 6.07 Å². The van der Waals surface area contributed by atoms with Crippen molar-refractivity contribution in [1.29, 1.82) is 5.26 Å². The molecule has 0 N–H and O–H groups in total. The quantitative estimate of drug-likeness (QED) is 0.748. The Kier molecular flexibility index (Phi) is 3.63. The number of benzene rings is 1. The van der Waals surface area contributed by atoms with Gasteiger partial charge in [-0.2, -0.15) is 5.26 Å². The Hall–Kier alpha value is -2.28. The number of carbonyl (C=O) groups excluding carboxylic acids is 1. The van der Waals surface area contributed by atoms with Crippen molar-refractivity contribution in [2.75, 3.05) is 13.2 Å². The van der Waals surface area contributed by atoms with E-state index < -0.39 is 0 Å². The molecule has 0 unspecified atom stereocenters. The van der Waals surface area contributed by atoms with Crippen LogP contribution in [0.15, 0.2) is 23.8 Å². The van der Waals surface area contributed by atoms with Gasteiger partial charge in [0.15, 0.2) is 0 Å². The van der Waals surface area contributed by atoms with Crippen molar-refractivity contribution >= 4 is 12.0 Å². The van der Waals surface area contributed by atoms with Crippen molar-refractivity contribution in [2.24, 2.45) is 0 Å². The van der Waals surface area contributed by atoms with Gasteiger partial charge in [0.25, 0.3) is 0 Å². The molecule has 1 heterocycles. The molecule has 92 valence electrons. The fraction of sp³-hybridized carbons (Fsp3) is 0.286. The van der Waals surface area contributed by atoms with Crippen molar-refractivity contribution in [3.63, 3.8) is 0 Å². The molecule has 0 fully saturated rings. The summed E-state index contributed by atoms with van der Waals surface area (Å²) in [5.41, 5.74) is 1.80. The molecule has 1 aromatic rings. The molecular weight excluding hydrogens is 230 g/mol. The first kappa shape index (κ1) is 12.2. The Bertz CT molecular complexity index is 540. The van der Waals surface area contributed by atoms with Crippen LogP contribution in [0.25, 0.3) is 6.08 Å². The molecule has 1 aliphatic heterocycles. The van der Waals surface area contributed by atoms with Gasteiger partial charge < -0.3 is 9.47 Å². The smallest absolute Gasteiger partial charge is 0.334 e. The number of nitriles is 1. The Labute approximate surface area is 105 Å². The minimum absolute atomic E-state index is 0.323. The van der Waals surface area contributed by atoms with Crippen LogP contribution < -0.4 is 4.74 Å². The number of esters is 1. The van der Waals surface area contributed by atoms with Crippen LogP contribution in [0.3, 0.4) is 0 Å². The summed E-state index contributed by atoms with van der Waals surface area (Å²) in [5.74, 6) is 0.218. The molecular formula is C14H13NO3. The molecule has 4 nitrogen and oxygen atoms in total. The second kappa shape index (κ2) is 5.37. The van der Waals surface area contributed by atoms with Crippen molar-refractivity contribution in [3.05, 3.63) is 34.9 Å². The van der Waals surface area contributed by atoms with Gasteiger partial charge in [-0.25, -0.2) is 4.79 Å². The molecule has 0 amide bonds.